The molecular weight excluding hydrogens is 357 g/mol. The number of H-pyrrole nitrogens is 1. The Kier molecular flexibility index (Phi) is 4.26. The number of halogens is 1. The van der Waals surface area contributed by atoms with Gasteiger partial charge in [0.05, 0.1) is 5.57 Å². The first-order chi connectivity index (χ1) is 13.4. The fraction of sp³-hybridized carbons (Fsp3) is 0.182. The van der Waals surface area contributed by atoms with Crippen molar-refractivity contribution < 1.29 is 14.0 Å². The highest BCUT2D eigenvalue weighted by Crippen LogP contribution is 2.38. The van der Waals surface area contributed by atoms with Crippen LogP contribution in [-0.2, 0) is 9.59 Å². The Labute approximate surface area is 162 Å². The van der Waals surface area contributed by atoms with E-state index in [0.29, 0.717) is 23.5 Å². The molecule has 6 heteroatoms. The summed E-state index contributed by atoms with van der Waals surface area (Å²) < 4.78 is 13.4. The second-order valence-electron chi connectivity index (χ2n) is 6.78. The highest BCUT2D eigenvalue weighted by molar-refractivity contribution is 6.38. The molecule has 0 fully saturated rings. The fourth-order valence-corrected chi connectivity index (χ4v) is 3.79. The van der Waals surface area contributed by atoms with Crippen LogP contribution >= 0.6 is 0 Å². The van der Waals surface area contributed by atoms with Crippen LogP contribution in [0.3, 0.4) is 0 Å². The average Bonchev–Trinajstić information content (AvgIpc) is 3.13. The summed E-state index contributed by atoms with van der Waals surface area (Å²) in [5.74, 6) is -1.06. The van der Waals surface area contributed by atoms with E-state index in [4.69, 9.17) is 0 Å². The number of nitrogens with one attached hydrogen (secondary N) is 1. The lowest BCUT2D eigenvalue weighted by molar-refractivity contribution is -0.135. The van der Waals surface area contributed by atoms with Crippen LogP contribution in [0.25, 0.3) is 16.5 Å². The summed E-state index contributed by atoms with van der Waals surface area (Å²) in [5, 5.41) is 0.888. The minimum absolute atomic E-state index is 0.314. The van der Waals surface area contributed by atoms with Gasteiger partial charge in [0.25, 0.3) is 11.8 Å². The van der Waals surface area contributed by atoms with Crippen molar-refractivity contribution in [3.63, 3.8) is 0 Å². The molecule has 1 aliphatic heterocycles. The van der Waals surface area contributed by atoms with E-state index in [1.165, 1.54) is 19.2 Å². The molecule has 4 rings (SSSR count). The minimum Gasteiger partial charge on any atom is -0.358 e. The van der Waals surface area contributed by atoms with Gasteiger partial charge in [0.15, 0.2) is 0 Å². The predicted molar refractivity (Wildman–Crippen MR) is 107 cm³/mol. The maximum absolute atomic E-state index is 13.4. The predicted octanol–water partition coefficient (Wildman–Crippen LogP) is 3.85. The highest BCUT2D eigenvalue weighted by Gasteiger charge is 2.41. The minimum atomic E-state index is -0.365. The van der Waals surface area contributed by atoms with E-state index in [9.17, 15) is 14.0 Å². The van der Waals surface area contributed by atoms with E-state index < -0.39 is 0 Å². The van der Waals surface area contributed by atoms with Crippen molar-refractivity contribution in [1.29, 1.82) is 0 Å². The van der Waals surface area contributed by atoms with Gasteiger partial charge in [0.1, 0.15) is 11.5 Å². The zero-order valence-corrected chi connectivity index (χ0v) is 15.9. The second kappa shape index (κ2) is 6.64. The van der Waals surface area contributed by atoms with Crippen LogP contribution in [0.4, 0.5) is 10.1 Å². The van der Waals surface area contributed by atoms with Crippen LogP contribution in [0.5, 0.6) is 0 Å². The topological polar surface area (TPSA) is 56.4 Å². The Balaban J connectivity index is 2.00. The zero-order chi connectivity index (χ0) is 20.0. The van der Waals surface area contributed by atoms with Crippen molar-refractivity contribution in [1.82, 2.24) is 9.88 Å². The fourth-order valence-electron chi connectivity index (χ4n) is 3.79. The van der Waals surface area contributed by atoms with Crippen molar-refractivity contribution >= 4 is 34.0 Å². The number of imide groups is 1. The number of aromatic amines is 1. The summed E-state index contributed by atoms with van der Waals surface area (Å²) in [6, 6.07) is 13.6. The van der Waals surface area contributed by atoms with Crippen LogP contribution in [0.1, 0.15) is 18.2 Å². The first-order valence-corrected chi connectivity index (χ1v) is 9.11. The first kappa shape index (κ1) is 18.0. The number of aryl methyl sites for hydroxylation is 1. The van der Waals surface area contributed by atoms with E-state index in [2.05, 4.69) is 4.98 Å². The number of fused-ring (bicyclic) bond motifs is 1. The number of rotatable bonds is 4. The summed E-state index contributed by atoms with van der Waals surface area (Å²) in [7, 11) is 1.49. The number of likely N-dealkylation sites (N-methyl/N-ethyl adjacent to an activating group) is 2. The SMILES string of the molecule is CCN(C1=C(c2c(C)[nH]c3ccccc23)C(=O)N(C)C1=O)c1ccc(F)cc1. The quantitative estimate of drug-likeness (QED) is 0.703. The number of para-hydroxylation sites is 1. The molecule has 1 aromatic heterocycles. The summed E-state index contributed by atoms with van der Waals surface area (Å²) in [6.07, 6.45) is 0. The normalized spacial score (nSPS) is 14.5. The molecular formula is C22H20FN3O2. The number of benzene rings is 2. The Bertz CT molecular complexity index is 1130. The molecule has 2 heterocycles. The number of amides is 2. The summed E-state index contributed by atoms with van der Waals surface area (Å²) in [5.41, 5.74) is 3.80. The van der Waals surface area contributed by atoms with Crippen LogP contribution in [0.15, 0.2) is 54.2 Å². The number of aromatic nitrogens is 1. The van der Waals surface area contributed by atoms with Gasteiger partial charge in [-0.25, -0.2) is 4.39 Å². The number of carbonyl (C=O) groups excluding carboxylic acids is 2. The van der Waals surface area contributed by atoms with E-state index in [1.54, 1.807) is 17.0 Å². The molecule has 0 saturated carbocycles. The van der Waals surface area contributed by atoms with Gasteiger partial charge in [-0.3, -0.25) is 14.5 Å². The van der Waals surface area contributed by atoms with E-state index in [1.807, 2.05) is 38.1 Å². The molecule has 0 spiro atoms. The van der Waals surface area contributed by atoms with Crippen molar-refractivity contribution in [3.05, 3.63) is 71.3 Å². The van der Waals surface area contributed by atoms with Crippen molar-refractivity contribution in [2.75, 3.05) is 18.5 Å². The smallest absolute Gasteiger partial charge is 0.277 e. The monoisotopic (exact) mass is 377 g/mol. The third-order valence-corrected chi connectivity index (χ3v) is 5.13. The molecule has 3 aromatic rings. The molecule has 0 radical (unpaired) electrons. The summed E-state index contributed by atoms with van der Waals surface area (Å²) in [6.45, 7) is 4.25. The second-order valence-corrected chi connectivity index (χ2v) is 6.78. The maximum atomic E-state index is 13.4. The molecule has 1 N–H and O–H groups in total. The van der Waals surface area contributed by atoms with E-state index in [-0.39, 0.29) is 17.6 Å². The molecule has 0 saturated heterocycles. The van der Waals surface area contributed by atoms with Crippen molar-refractivity contribution in [2.45, 2.75) is 13.8 Å². The van der Waals surface area contributed by atoms with E-state index >= 15 is 0 Å². The maximum Gasteiger partial charge on any atom is 0.277 e. The molecule has 0 unspecified atom stereocenters. The molecule has 2 amide bonds. The molecule has 142 valence electrons. The molecule has 28 heavy (non-hydrogen) atoms. The average molecular weight is 377 g/mol. The number of nitrogens with zero attached hydrogens (tertiary/aromatic N) is 2. The largest absolute Gasteiger partial charge is 0.358 e. The molecule has 0 bridgehead atoms. The Morgan fingerprint density at radius 1 is 1.04 bits per heavy atom. The molecule has 2 aromatic carbocycles. The number of anilines is 1. The lowest BCUT2D eigenvalue weighted by Crippen LogP contribution is -2.32. The van der Waals surface area contributed by atoms with Gasteiger partial charge in [-0.05, 0) is 44.2 Å². The molecule has 5 nitrogen and oxygen atoms in total. The lowest BCUT2D eigenvalue weighted by Gasteiger charge is -2.24. The summed E-state index contributed by atoms with van der Waals surface area (Å²) >= 11 is 0. The van der Waals surface area contributed by atoms with Crippen molar-refractivity contribution in [2.24, 2.45) is 0 Å². The lowest BCUT2D eigenvalue weighted by atomic mass is 10.00. The number of hydrogen-bond acceptors (Lipinski definition) is 3. The Morgan fingerprint density at radius 2 is 1.71 bits per heavy atom. The van der Waals surface area contributed by atoms with Gasteiger partial charge < -0.3 is 9.88 Å². The number of hydrogen-bond donors (Lipinski definition) is 1. The zero-order valence-electron chi connectivity index (χ0n) is 15.9. The Hall–Kier alpha value is -3.41. The first-order valence-electron chi connectivity index (χ1n) is 9.11. The Morgan fingerprint density at radius 3 is 2.39 bits per heavy atom. The van der Waals surface area contributed by atoms with Crippen molar-refractivity contribution in [3.8, 4) is 0 Å². The highest BCUT2D eigenvalue weighted by atomic mass is 19.1. The van der Waals surface area contributed by atoms with Gasteiger partial charge >= 0.3 is 0 Å². The molecule has 0 aliphatic carbocycles. The third kappa shape index (κ3) is 2.60. The van der Waals surface area contributed by atoms with Gasteiger partial charge in [-0.15, -0.1) is 0 Å². The van der Waals surface area contributed by atoms with Gasteiger partial charge in [-0.2, -0.15) is 0 Å². The van der Waals surface area contributed by atoms with E-state index in [0.717, 1.165) is 27.1 Å². The summed E-state index contributed by atoms with van der Waals surface area (Å²) in [4.78, 5) is 32.3. The van der Waals surface area contributed by atoms with Crippen LogP contribution in [0.2, 0.25) is 0 Å². The van der Waals surface area contributed by atoms with Crippen LogP contribution in [-0.4, -0.2) is 35.3 Å². The van der Waals surface area contributed by atoms with Gasteiger partial charge in [0.2, 0.25) is 0 Å². The molecule has 0 atom stereocenters. The molecule has 1 aliphatic rings. The standard InChI is InChI=1S/C22H20FN3O2/c1-4-26(15-11-9-14(23)10-12-15)20-19(21(27)25(3)22(20)28)18-13(2)24-17-8-6-5-7-16(17)18/h5-12,24H,4H2,1-3H3. The van der Waals surface area contributed by atoms with Gasteiger partial charge in [-0.1, -0.05) is 18.2 Å². The third-order valence-electron chi connectivity index (χ3n) is 5.13. The van der Waals surface area contributed by atoms with Gasteiger partial charge in [0, 0.05) is 41.4 Å². The van der Waals surface area contributed by atoms with Crippen LogP contribution in [0, 0.1) is 12.7 Å². The number of carbonyl (C=O) groups is 2. The van der Waals surface area contributed by atoms with Crippen LogP contribution < -0.4 is 4.90 Å².